The first-order chi connectivity index (χ1) is 6.14. The van der Waals surface area contributed by atoms with Crippen molar-refractivity contribution >= 4 is 18.3 Å². The van der Waals surface area contributed by atoms with Crippen LogP contribution in [0.3, 0.4) is 0 Å². The van der Waals surface area contributed by atoms with E-state index < -0.39 is 0 Å². The summed E-state index contributed by atoms with van der Waals surface area (Å²) in [5.41, 5.74) is 0.346. The Morgan fingerprint density at radius 1 is 1.57 bits per heavy atom. The topological polar surface area (TPSA) is 41.1 Å². The van der Waals surface area contributed by atoms with Crippen molar-refractivity contribution < 1.29 is 4.79 Å². The van der Waals surface area contributed by atoms with E-state index in [4.69, 9.17) is 0 Å². The summed E-state index contributed by atoms with van der Waals surface area (Å²) in [6.07, 6.45) is 2.28. The van der Waals surface area contributed by atoms with E-state index >= 15 is 0 Å². The van der Waals surface area contributed by atoms with Crippen molar-refractivity contribution in [3.05, 3.63) is 0 Å². The Kier molecular flexibility index (Phi) is 3.43. The van der Waals surface area contributed by atoms with Gasteiger partial charge in [-0.05, 0) is 38.6 Å². The van der Waals surface area contributed by atoms with Gasteiger partial charge in [-0.2, -0.15) is 0 Å². The standard InChI is InChI=1S/C10H18N2O.ClH/c1-7(2)12-9(13)8-5-10(8)3-4-11-6-10;/h7-8,11H,3-6H2,1-2H3,(H,12,13);1H. The van der Waals surface area contributed by atoms with Crippen molar-refractivity contribution in [1.82, 2.24) is 10.6 Å². The number of halogens is 1. The quantitative estimate of drug-likeness (QED) is 0.724. The monoisotopic (exact) mass is 218 g/mol. The van der Waals surface area contributed by atoms with Crippen molar-refractivity contribution in [1.29, 1.82) is 0 Å². The van der Waals surface area contributed by atoms with E-state index in [9.17, 15) is 4.79 Å². The molecule has 1 aliphatic heterocycles. The van der Waals surface area contributed by atoms with Crippen LogP contribution in [-0.4, -0.2) is 25.0 Å². The van der Waals surface area contributed by atoms with Crippen LogP contribution in [0.4, 0.5) is 0 Å². The maximum Gasteiger partial charge on any atom is 0.223 e. The lowest BCUT2D eigenvalue weighted by Crippen LogP contribution is -2.33. The molecule has 0 radical (unpaired) electrons. The fourth-order valence-corrected chi connectivity index (χ4v) is 2.34. The van der Waals surface area contributed by atoms with Gasteiger partial charge in [0.1, 0.15) is 0 Å². The fourth-order valence-electron chi connectivity index (χ4n) is 2.34. The third-order valence-electron chi connectivity index (χ3n) is 3.21. The highest BCUT2D eigenvalue weighted by atomic mass is 35.5. The van der Waals surface area contributed by atoms with E-state index in [0.29, 0.717) is 11.3 Å². The molecule has 4 heteroatoms. The van der Waals surface area contributed by atoms with Crippen molar-refractivity contribution in [3.8, 4) is 0 Å². The normalized spacial score (nSPS) is 34.4. The molecule has 3 nitrogen and oxygen atoms in total. The Hall–Kier alpha value is -0.280. The van der Waals surface area contributed by atoms with E-state index in [-0.39, 0.29) is 24.4 Å². The van der Waals surface area contributed by atoms with Crippen LogP contribution in [0, 0.1) is 11.3 Å². The molecule has 2 rings (SSSR count). The highest BCUT2D eigenvalue weighted by Crippen LogP contribution is 2.56. The third-order valence-corrected chi connectivity index (χ3v) is 3.21. The molecule has 1 spiro atoms. The van der Waals surface area contributed by atoms with Gasteiger partial charge in [0.2, 0.25) is 5.91 Å². The van der Waals surface area contributed by atoms with Crippen LogP contribution in [0.1, 0.15) is 26.7 Å². The van der Waals surface area contributed by atoms with Crippen LogP contribution < -0.4 is 10.6 Å². The van der Waals surface area contributed by atoms with Gasteiger partial charge in [0.25, 0.3) is 0 Å². The minimum Gasteiger partial charge on any atom is -0.354 e. The second-order valence-corrected chi connectivity index (χ2v) is 4.71. The maximum atomic E-state index is 11.6. The van der Waals surface area contributed by atoms with Crippen molar-refractivity contribution in [2.75, 3.05) is 13.1 Å². The smallest absolute Gasteiger partial charge is 0.223 e. The number of carbonyl (C=O) groups is 1. The second-order valence-electron chi connectivity index (χ2n) is 4.71. The van der Waals surface area contributed by atoms with E-state index in [1.54, 1.807) is 0 Å². The van der Waals surface area contributed by atoms with Gasteiger partial charge < -0.3 is 10.6 Å². The first-order valence-electron chi connectivity index (χ1n) is 5.15. The van der Waals surface area contributed by atoms with Crippen LogP contribution in [0.5, 0.6) is 0 Å². The van der Waals surface area contributed by atoms with E-state index in [1.807, 2.05) is 13.8 Å². The SMILES string of the molecule is CC(C)NC(=O)C1CC12CCNC2.Cl. The van der Waals surface area contributed by atoms with Crippen LogP contribution in [-0.2, 0) is 4.79 Å². The Labute approximate surface area is 91.4 Å². The van der Waals surface area contributed by atoms with Crippen molar-refractivity contribution in [3.63, 3.8) is 0 Å². The number of hydrogen-bond donors (Lipinski definition) is 2. The summed E-state index contributed by atoms with van der Waals surface area (Å²) in [6.45, 7) is 6.16. The molecule has 0 aromatic carbocycles. The number of amides is 1. The van der Waals surface area contributed by atoms with Crippen LogP contribution in [0.25, 0.3) is 0 Å². The molecule has 2 aliphatic rings. The predicted octanol–water partition coefficient (Wildman–Crippen LogP) is 0.932. The summed E-state index contributed by atoms with van der Waals surface area (Å²) in [5, 5.41) is 6.32. The molecule has 0 aromatic rings. The summed E-state index contributed by atoms with van der Waals surface area (Å²) in [4.78, 5) is 11.6. The van der Waals surface area contributed by atoms with Gasteiger partial charge in [0.15, 0.2) is 0 Å². The number of rotatable bonds is 2. The summed E-state index contributed by atoms with van der Waals surface area (Å²) in [5.74, 6) is 0.559. The second kappa shape index (κ2) is 4.07. The largest absolute Gasteiger partial charge is 0.354 e. The Morgan fingerprint density at radius 3 is 2.79 bits per heavy atom. The Morgan fingerprint density at radius 2 is 2.29 bits per heavy atom. The predicted molar refractivity (Wildman–Crippen MR) is 58.6 cm³/mol. The lowest BCUT2D eigenvalue weighted by molar-refractivity contribution is -0.123. The van der Waals surface area contributed by atoms with Gasteiger partial charge in [0, 0.05) is 18.5 Å². The summed E-state index contributed by atoms with van der Waals surface area (Å²) in [6, 6.07) is 0.277. The molecule has 0 aromatic heterocycles. The van der Waals surface area contributed by atoms with Gasteiger partial charge in [-0.3, -0.25) is 4.79 Å². The van der Waals surface area contributed by atoms with Gasteiger partial charge in [-0.15, -0.1) is 12.4 Å². The molecule has 1 amide bonds. The Bertz CT molecular complexity index is 224. The summed E-state index contributed by atoms with van der Waals surface area (Å²) >= 11 is 0. The Balaban J connectivity index is 0.000000980. The molecule has 1 saturated heterocycles. The number of hydrogen-bond acceptors (Lipinski definition) is 2. The molecular weight excluding hydrogens is 200 g/mol. The van der Waals surface area contributed by atoms with Gasteiger partial charge >= 0.3 is 0 Å². The zero-order valence-corrected chi connectivity index (χ0v) is 9.62. The third kappa shape index (κ3) is 2.04. The molecule has 2 unspecified atom stereocenters. The summed E-state index contributed by atoms with van der Waals surface area (Å²) in [7, 11) is 0. The summed E-state index contributed by atoms with van der Waals surface area (Å²) < 4.78 is 0. The highest BCUT2D eigenvalue weighted by molar-refractivity contribution is 5.85. The molecule has 2 fully saturated rings. The zero-order valence-electron chi connectivity index (χ0n) is 8.80. The molecular formula is C10H19ClN2O. The molecule has 1 aliphatic carbocycles. The lowest BCUT2D eigenvalue weighted by atomic mass is 10.0. The zero-order chi connectivity index (χ0) is 9.47. The first kappa shape index (κ1) is 11.8. The van der Waals surface area contributed by atoms with Gasteiger partial charge in [-0.1, -0.05) is 0 Å². The van der Waals surface area contributed by atoms with E-state index in [2.05, 4.69) is 10.6 Å². The average Bonchev–Trinajstić information content (AvgIpc) is 2.49. The minimum atomic E-state index is 0. The first-order valence-corrected chi connectivity index (χ1v) is 5.15. The van der Waals surface area contributed by atoms with Crippen LogP contribution >= 0.6 is 12.4 Å². The van der Waals surface area contributed by atoms with Gasteiger partial charge in [-0.25, -0.2) is 0 Å². The van der Waals surface area contributed by atoms with E-state index in [1.165, 1.54) is 6.42 Å². The van der Waals surface area contributed by atoms with Crippen LogP contribution in [0.15, 0.2) is 0 Å². The molecule has 0 bridgehead atoms. The number of nitrogens with one attached hydrogen (secondary N) is 2. The molecule has 2 atom stereocenters. The van der Waals surface area contributed by atoms with Crippen molar-refractivity contribution in [2.45, 2.75) is 32.7 Å². The van der Waals surface area contributed by atoms with Crippen LogP contribution in [0.2, 0.25) is 0 Å². The highest BCUT2D eigenvalue weighted by Gasteiger charge is 2.58. The maximum absolute atomic E-state index is 11.6. The minimum absolute atomic E-state index is 0. The molecule has 14 heavy (non-hydrogen) atoms. The lowest BCUT2D eigenvalue weighted by Gasteiger charge is -2.10. The van der Waals surface area contributed by atoms with E-state index in [0.717, 1.165) is 19.5 Å². The molecule has 1 heterocycles. The molecule has 2 N–H and O–H groups in total. The number of carbonyl (C=O) groups excluding carboxylic acids is 1. The molecule has 1 saturated carbocycles. The van der Waals surface area contributed by atoms with Gasteiger partial charge in [0.05, 0.1) is 0 Å². The van der Waals surface area contributed by atoms with Crippen molar-refractivity contribution in [2.24, 2.45) is 11.3 Å². The fraction of sp³-hybridized carbons (Fsp3) is 0.900. The molecule has 82 valence electrons. The average molecular weight is 219 g/mol.